The van der Waals surface area contributed by atoms with Crippen LogP contribution in [0.25, 0.3) is 0 Å². The van der Waals surface area contributed by atoms with Gasteiger partial charge in [-0.05, 0) is 58.3 Å². The van der Waals surface area contributed by atoms with E-state index in [2.05, 4.69) is 17.6 Å². The summed E-state index contributed by atoms with van der Waals surface area (Å²) in [7, 11) is 0. The summed E-state index contributed by atoms with van der Waals surface area (Å²) in [6, 6.07) is 0. The fourth-order valence-corrected chi connectivity index (χ4v) is 6.55. The Hall–Kier alpha value is -0.610. The van der Waals surface area contributed by atoms with Gasteiger partial charge in [-0.15, -0.1) is 0 Å². The zero-order valence-corrected chi connectivity index (χ0v) is 31.1. The number of carbonyl (C=O) groups is 1. The largest absolute Gasteiger partial charge is 0.370 e. The predicted octanol–water partition coefficient (Wildman–Crippen LogP) is 12.3. The number of hydrogen-bond donors (Lipinski definition) is 3. The monoisotopic (exact) mass is 636 g/mol. The third-order valence-electron chi connectivity index (χ3n) is 9.69. The van der Waals surface area contributed by atoms with E-state index in [1.54, 1.807) is 0 Å². The molecule has 0 unspecified atom stereocenters. The standard InChI is InChI=1S/C41H85N3O/c1-2-3-37-43-38-34-30-31-35-40-44-39-33-29-27-25-23-21-19-17-15-13-11-9-7-5-4-6-8-10-12-14-16-18-20-22-24-26-28-32-36-41(42)45/h43-44H,2-40H2,1H3,(H2,42,45). The van der Waals surface area contributed by atoms with Gasteiger partial charge < -0.3 is 16.4 Å². The van der Waals surface area contributed by atoms with Crippen LogP contribution >= 0.6 is 0 Å². The SMILES string of the molecule is CCCCNCCCCCCNCCCCCCCCCCCCCCCCCCCCCCCCCCCCCCC(N)=O. The highest BCUT2D eigenvalue weighted by Gasteiger charge is 1.98. The first-order chi connectivity index (χ1) is 22.3. The van der Waals surface area contributed by atoms with E-state index in [4.69, 9.17) is 5.73 Å². The number of primary amides is 1. The van der Waals surface area contributed by atoms with E-state index in [-0.39, 0.29) is 5.91 Å². The second-order valence-corrected chi connectivity index (χ2v) is 14.4. The van der Waals surface area contributed by atoms with Gasteiger partial charge in [0, 0.05) is 6.42 Å². The van der Waals surface area contributed by atoms with Crippen LogP contribution in [-0.2, 0) is 4.79 Å². The maximum Gasteiger partial charge on any atom is 0.217 e. The van der Waals surface area contributed by atoms with Gasteiger partial charge in [-0.3, -0.25) is 4.79 Å². The lowest BCUT2D eigenvalue weighted by atomic mass is 10.0. The summed E-state index contributed by atoms with van der Waals surface area (Å²) in [6.45, 7) is 7.12. The molecule has 0 spiro atoms. The Morgan fingerprint density at radius 1 is 0.333 bits per heavy atom. The maximum atomic E-state index is 10.7. The summed E-state index contributed by atoms with van der Waals surface area (Å²) >= 11 is 0. The highest BCUT2D eigenvalue weighted by Crippen LogP contribution is 2.16. The van der Waals surface area contributed by atoms with Gasteiger partial charge in [-0.2, -0.15) is 0 Å². The van der Waals surface area contributed by atoms with Crippen molar-refractivity contribution in [3.63, 3.8) is 0 Å². The minimum Gasteiger partial charge on any atom is -0.370 e. The molecule has 4 heteroatoms. The van der Waals surface area contributed by atoms with Crippen LogP contribution in [0.15, 0.2) is 0 Å². The average molecular weight is 636 g/mol. The molecule has 0 aromatic heterocycles. The van der Waals surface area contributed by atoms with E-state index in [9.17, 15) is 4.79 Å². The Balaban J connectivity index is 3.04. The number of nitrogens with one attached hydrogen (secondary N) is 2. The first-order valence-corrected chi connectivity index (χ1v) is 21.0. The van der Waals surface area contributed by atoms with Crippen LogP contribution in [0.3, 0.4) is 0 Å². The maximum absolute atomic E-state index is 10.7. The van der Waals surface area contributed by atoms with Crippen molar-refractivity contribution in [1.29, 1.82) is 0 Å². The van der Waals surface area contributed by atoms with Crippen molar-refractivity contribution in [2.75, 3.05) is 26.2 Å². The van der Waals surface area contributed by atoms with Crippen molar-refractivity contribution in [3.05, 3.63) is 0 Å². The lowest BCUT2D eigenvalue weighted by molar-refractivity contribution is -0.118. The van der Waals surface area contributed by atoms with E-state index < -0.39 is 0 Å². The van der Waals surface area contributed by atoms with Gasteiger partial charge in [0.25, 0.3) is 0 Å². The number of hydrogen-bond acceptors (Lipinski definition) is 3. The number of amides is 1. The summed E-state index contributed by atoms with van der Waals surface area (Å²) in [6.07, 6.45) is 48.1. The molecule has 0 aromatic carbocycles. The molecule has 0 saturated heterocycles. The highest BCUT2D eigenvalue weighted by molar-refractivity contribution is 5.73. The molecule has 45 heavy (non-hydrogen) atoms. The Morgan fingerprint density at radius 3 is 0.756 bits per heavy atom. The Kier molecular flexibility index (Phi) is 40.9. The number of nitrogens with two attached hydrogens (primary N) is 1. The number of rotatable bonds is 41. The van der Waals surface area contributed by atoms with Crippen molar-refractivity contribution in [3.8, 4) is 0 Å². The van der Waals surface area contributed by atoms with Gasteiger partial charge in [0.2, 0.25) is 5.91 Å². The van der Waals surface area contributed by atoms with E-state index >= 15 is 0 Å². The smallest absolute Gasteiger partial charge is 0.217 e. The number of carbonyl (C=O) groups excluding carboxylic acids is 1. The lowest BCUT2D eigenvalue weighted by Gasteiger charge is -2.06. The second-order valence-electron chi connectivity index (χ2n) is 14.4. The molecular weight excluding hydrogens is 550 g/mol. The van der Waals surface area contributed by atoms with E-state index in [0.717, 1.165) is 6.42 Å². The van der Waals surface area contributed by atoms with Gasteiger partial charge >= 0.3 is 0 Å². The van der Waals surface area contributed by atoms with Crippen LogP contribution in [0.2, 0.25) is 0 Å². The second kappa shape index (κ2) is 41.4. The predicted molar refractivity (Wildman–Crippen MR) is 202 cm³/mol. The molecule has 0 radical (unpaired) electrons. The van der Waals surface area contributed by atoms with Crippen molar-refractivity contribution >= 4 is 5.91 Å². The molecule has 0 atom stereocenters. The summed E-state index contributed by atoms with van der Waals surface area (Å²) in [4.78, 5) is 10.7. The zero-order chi connectivity index (χ0) is 32.6. The molecule has 4 nitrogen and oxygen atoms in total. The lowest BCUT2D eigenvalue weighted by Crippen LogP contribution is -2.17. The van der Waals surface area contributed by atoms with Crippen molar-refractivity contribution in [1.82, 2.24) is 10.6 Å². The summed E-state index contributed by atoms with van der Waals surface area (Å²) in [5.74, 6) is -0.148. The summed E-state index contributed by atoms with van der Waals surface area (Å²) in [5.41, 5.74) is 5.18. The van der Waals surface area contributed by atoms with Crippen molar-refractivity contribution in [2.45, 2.75) is 232 Å². The van der Waals surface area contributed by atoms with Crippen LogP contribution in [0, 0.1) is 0 Å². The molecule has 0 aliphatic heterocycles. The Labute approximate surface area is 284 Å². The Morgan fingerprint density at radius 2 is 0.533 bits per heavy atom. The molecule has 0 saturated carbocycles. The normalized spacial score (nSPS) is 11.5. The first kappa shape index (κ1) is 44.4. The topological polar surface area (TPSA) is 67.2 Å². The molecule has 0 heterocycles. The fourth-order valence-electron chi connectivity index (χ4n) is 6.55. The third-order valence-corrected chi connectivity index (χ3v) is 9.69. The quantitative estimate of drug-likeness (QED) is 0.0585. The van der Waals surface area contributed by atoms with Crippen LogP contribution < -0.4 is 16.4 Å². The molecule has 0 bridgehead atoms. The minimum atomic E-state index is -0.148. The average Bonchev–Trinajstić information content (AvgIpc) is 3.03. The third kappa shape index (κ3) is 43.4. The highest BCUT2D eigenvalue weighted by atomic mass is 16.1. The minimum absolute atomic E-state index is 0.148. The van der Waals surface area contributed by atoms with Crippen molar-refractivity contribution < 1.29 is 4.79 Å². The molecule has 270 valence electrons. The van der Waals surface area contributed by atoms with Crippen molar-refractivity contribution in [2.24, 2.45) is 5.73 Å². The van der Waals surface area contributed by atoms with Crippen LogP contribution in [0.1, 0.15) is 232 Å². The summed E-state index contributed by atoms with van der Waals surface area (Å²) < 4.78 is 0. The van der Waals surface area contributed by atoms with Gasteiger partial charge in [-0.1, -0.05) is 193 Å². The first-order valence-electron chi connectivity index (χ1n) is 21.0. The molecule has 0 aliphatic rings. The molecule has 4 N–H and O–H groups in total. The Bertz CT molecular complexity index is 541. The van der Waals surface area contributed by atoms with Gasteiger partial charge in [0.15, 0.2) is 0 Å². The van der Waals surface area contributed by atoms with Gasteiger partial charge in [-0.25, -0.2) is 0 Å². The molecule has 1 amide bonds. The molecule has 0 aromatic rings. The van der Waals surface area contributed by atoms with Gasteiger partial charge in [0.1, 0.15) is 0 Å². The van der Waals surface area contributed by atoms with E-state index in [1.165, 1.54) is 238 Å². The van der Waals surface area contributed by atoms with Crippen LogP contribution in [-0.4, -0.2) is 32.1 Å². The van der Waals surface area contributed by atoms with E-state index in [1.807, 2.05) is 0 Å². The zero-order valence-electron chi connectivity index (χ0n) is 31.1. The van der Waals surface area contributed by atoms with Crippen LogP contribution in [0.5, 0.6) is 0 Å². The van der Waals surface area contributed by atoms with Crippen LogP contribution in [0.4, 0.5) is 0 Å². The molecule has 0 aliphatic carbocycles. The molecular formula is C41H85N3O. The molecule has 0 fully saturated rings. The summed E-state index contributed by atoms with van der Waals surface area (Å²) in [5, 5.41) is 7.20. The number of unbranched alkanes of at least 4 members (excludes halogenated alkanes) is 31. The fraction of sp³-hybridized carbons (Fsp3) is 0.976. The van der Waals surface area contributed by atoms with Gasteiger partial charge in [0.05, 0.1) is 0 Å². The van der Waals surface area contributed by atoms with E-state index in [0.29, 0.717) is 6.42 Å². The molecule has 0 rings (SSSR count).